The molecule has 0 aliphatic heterocycles. The molecular weight excluding hydrogens is 400 g/mol. The summed E-state index contributed by atoms with van der Waals surface area (Å²) in [5.74, 6) is -0.569. The maximum atomic E-state index is 12.7. The number of aromatic amines is 1. The van der Waals surface area contributed by atoms with Crippen molar-refractivity contribution in [3.05, 3.63) is 64.8 Å². The minimum Gasteiger partial charge on any atom is -0.378 e. The number of carbonyl (C=O) groups is 2. The number of anilines is 3. The Morgan fingerprint density at radius 3 is 2.50 bits per heavy atom. The second-order valence-electron chi connectivity index (χ2n) is 6.97. The molecule has 0 atom stereocenters. The molecule has 0 spiro atoms. The van der Waals surface area contributed by atoms with Gasteiger partial charge in [-0.25, -0.2) is 4.98 Å². The molecule has 0 saturated heterocycles. The number of thiazole rings is 1. The summed E-state index contributed by atoms with van der Waals surface area (Å²) in [6.45, 7) is 1.92. The number of carbonyl (C=O) groups excluding carboxylic acids is 2. The first-order valence-electron chi connectivity index (χ1n) is 9.21. The number of rotatable bonds is 5. The van der Waals surface area contributed by atoms with Crippen LogP contribution in [-0.2, 0) is 0 Å². The van der Waals surface area contributed by atoms with Crippen molar-refractivity contribution in [2.75, 3.05) is 29.6 Å². The zero-order valence-electron chi connectivity index (χ0n) is 16.7. The highest BCUT2D eigenvalue weighted by molar-refractivity contribution is 7.17. The highest BCUT2D eigenvalue weighted by Gasteiger charge is 2.16. The Bertz CT molecular complexity index is 1230. The van der Waals surface area contributed by atoms with Crippen LogP contribution in [0.25, 0.3) is 10.9 Å². The van der Waals surface area contributed by atoms with Crippen LogP contribution < -0.4 is 15.5 Å². The lowest BCUT2D eigenvalue weighted by atomic mass is 10.1. The average Bonchev–Trinajstić information content (AvgIpc) is 3.39. The van der Waals surface area contributed by atoms with Crippen LogP contribution in [0.4, 0.5) is 16.5 Å². The minimum absolute atomic E-state index is 0.277. The number of nitrogens with zero attached hydrogens (tertiary/aromatic N) is 3. The van der Waals surface area contributed by atoms with Crippen LogP contribution in [0.5, 0.6) is 0 Å². The lowest BCUT2D eigenvalue weighted by Gasteiger charge is -2.12. The minimum atomic E-state index is -0.292. The first kappa shape index (κ1) is 19.6. The van der Waals surface area contributed by atoms with E-state index in [-0.39, 0.29) is 11.8 Å². The van der Waals surface area contributed by atoms with Crippen LogP contribution in [0.15, 0.2) is 48.8 Å². The molecule has 0 radical (unpaired) electrons. The number of benzene rings is 2. The van der Waals surface area contributed by atoms with Crippen molar-refractivity contribution in [1.29, 1.82) is 0 Å². The maximum Gasteiger partial charge on any atom is 0.267 e. The Morgan fingerprint density at radius 2 is 1.77 bits per heavy atom. The molecule has 8 nitrogen and oxygen atoms in total. The number of aromatic nitrogens is 3. The quantitative estimate of drug-likeness (QED) is 0.454. The van der Waals surface area contributed by atoms with Crippen molar-refractivity contribution in [1.82, 2.24) is 15.2 Å². The molecule has 4 aromatic rings. The Kier molecular flexibility index (Phi) is 5.20. The van der Waals surface area contributed by atoms with Crippen molar-refractivity contribution in [2.45, 2.75) is 6.92 Å². The number of aryl methyl sites for hydroxylation is 1. The molecule has 0 saturated carbocycles. The van der Waals surface area contributed by atoms with Gasteiger partial charge in [0, 0.05) is 30.7 Å². The molecule has 2 heterocycles. The Balaban J connectivity index is 1.47. The summed E-state index contributed by atoms with van der Waals surface area (Å²) in [6.07, 6.45) is 3.13. The van der Waals surface area contributed by atoms with E-state index in [1.165, 1.54) is 6.20 Å². The lowest BCUT2D eigenvalue weighted by molar-refractivity contribution is 0.102. The van der Waals surface area contributed by atoms with Crippen molar-refractivity contribution in [2.24, 2.45) is 0 Å². The number of amides is 2. The second-order valence-corrected chi connectivity index (χ2v) is 8.00. The summed E-state index contributed by atoms with van der Waals surface area (Å²) < 4.78 is 0. The van der Waals surface area contributed by atoms with Crippen LogP contribution >= 0.6 is 11.3 Å². The highest BCUT2D eigenvalue weighted by atomic mass is 32.1. The topological polar surface area (TPSA) is 103 Å². The third-order valence-corrected chi connectivity index (χ3v) is 5.58. The third kappa shape index (κ3) is 3.87. The van der Waals surface area contributed by atoms with Crippen molar-refractivity contribution in [3.8, 4) is 0 Å². The number of nitrogens with one attached hydrogen (secondary N) is 3. The first-order chi connectivity index (χ1) is 14.4. The summed E-state index contributed by atoms with van der Waals surface area (Å²) in [7, 11) is 3.87. The molecule has 2 aromatic carbocycles. The molecule has 2 amide bonds. The molecule has 0 unspecified atom stereocenters. The fourth-order valence-corrected chi connectivity index (χ4v) is 3.69. The van der Waals surface area contributed by atoms with Gasteiger partial charge in [0.05, 0.1) is 23.6 Å². The van der Waals surface area contributed by atoms with E-state index in [1.54, 1.807) is 18.3 Å². The highest BCUT2D eigenvalue weighted by Crippen LogP contribution is 2.27. The number of hydrogen-bond acceptors (Lipinski definition) is 6. The van der Waals surface area contributed by atoms with Gasteiger partial charge in [0.15, 0.2) is 5.13 Å². The van der Waals surface area contributed by atoms with E-state index in [4.69, 9.17) is 0 Å². The third-order valence-electron chi connectivity index (χ3n) is 4.67. The smallest absolute Gasteiger partial charge is 0.267 e. The summed E-state index contributed by atoms with van der Waals surface area (Å²) in [5, 5.41) is 13.8. The van der Waals surface area contributed by atoms with E-state index in [2.05, 4.69) is 25.8 Å². The summed E-state index contributed by atoms with van der Waals surface area (Å²) in [5.41, 5.74) is 3.99. The van der Waals surface area contributed by atoms with Crippen LogP contribution in [0, 0.1) is 6.92 Å². The largest absolute Gasteiger partial charge is 0.378 e. The van der Waals surface area contributed by atoms with Gasteiger partial charge in [0.25, 0.3) is 11.8 Å². The van der Waals surface area contributed by atoms with E-state index < -0.39 is 0 Å². The second kappa shape index (κ2) is 7.96. The van der Waals surface area contributed by atoms with Crippen molar-refractivity contribution < 1.29 is 9.59 Å². The Hall–Kier alpha value is -3.72. The van der Waals surface area contributed by atoms with Gasteiger partial charge >= 0.3 is 0 Å². The molecule has 3 N–H and O–H groups in total. The van der Waals surface area contributed by atoms with Crippen LogP contribution in [0.1, 0.15) is 25.6 Å². The summed E-state index contributed by atoms with van der Waals surface area (Å²) in [4.78, 5) is 31.7. The van der Waals surface area contributed by atoms with Crippen LogP contribution in [-0.4, -0.2) is 41.1 Å². The average molecular weight is 420 g/mol. The van der Waals surface area contributed by atoms with Gasteiger partial charge in [0.2, 0.25) is 0 Å². The summed E-state index contributed by atoms with van der Waals surface area (Å²) in [6, 6.07) is 11.1. The molecule has 9 heteroatoms. The fraction of sp³-hybridized carbons (Fsp3) is 0.143. The van der Waals surface area contributed by atoms with Gasteiger partial charge in [-0.2, -0.15) is 5.10 Å². The van der Waals surface area contributed by atoms with Gasteiger partial charge < -0.3 is 10.2 Å². The Morgan fingerprint density at radius 1 is 1.00 bits per heavy atom. The van der Waals surface area contributed by atoms with Gasteiger partial charge in [0.1, 0.15) is 4.88 Å². The van der Waals surface area contributed by atoms with E-state index in [0.29, 0.717) is 21.3 Å². The van der Waals surface area contributed by atoms with Crippen LogP contribution in [0.3, 0.4) is 0 Å². The van der Waals surface area contributed by atoms with E-state index in [9.17, 15) is 9.59 Å². The number of H-pyrrole nitrogens is 1. The first-order valence-corrected chi connectivity index (χ1v) is 10.0. The van der Waals surface area contributed by atoms with Crippen molar-refractivity contribution in [3.63, 3.8) is 0 Å². The standard InChI is InChI=1S/C21H20N6O2S/c1-12-4-9-16-15(10-23-26-16)18(12)24-20(29)17-11-22-21(30-17)25-19(28)13-5-7-14(8-6-13)27(2)3/h4-11H,1-3H3,(H,23,26)(H,24,29)(H,22,25,28). The van der Waals surface area contributed by atoms with E-state index in [0.717, 1.165) is 33.5 Å². The molecule has 152 valence electrons. The Labute approximate surface area is 176 Å². The van der Waals surface area contributed by atoms with Gasteiger partial charge in [-0.3, -0.25) is 20.0 Å². The summed E-state index contributed by atoms with van der Waals surface area (Å²) >= 11 is 1.12. The zero-order valence-corrected chi connectivity index (χ0v) is 17.5. The van der Waals surface area contributed by atoms with E-state index >= 15 is 0 Å². The van der Waals surface area contributed by atoms with Gasteiger partial charge in [-0.1, -0.05) is 17.4 Å². The van der Waals surface area contributed by atoms with Gasteiger partial charge in [-0.05, 0) is 42.8 Å². The van der Waals surface area contributed by atoms with E-state index in [1.807, 2.05) is 50.2 Å². The maximum absolute atomic E-state index is 12.7. The molecule has 0 aliphatic rings. The van der Waals surface area contributed by atoms with Crippen molar-refractivity contribution >= 4 is 50.6 Å². The van der Waals surface area contributed by atoms with Gasteiger partial charge in [-0.15, -0.1) is 0 Å². The molecule has 30 heavy (non-hydrogen) atoms. The molecule has 0 aliphatic carbocycles. The molecule has 0 fully saturated rings. The predicted octanol–water partition coefficient (Wildman–Crippen LogP) is 3.90. The normalized spacial score (nSPS) is 10.8. The zero-order chi connectivity index (χ0) is 21.3. The monoisotopic (exact) mass is 420 g/mol. The molecule has 4 rings (SSSR count). The predicted molar refractivity (Wildman–Crippen MR) is 120 cm³/mol. The molecule has 2 aromatic heterocycles. The molecular formula is C21H20N6O2S. The SMILES string of the molecule is Cc1ccc2[nH]ncc2c1NC(=O)c1cnc(NC(=O)c2ccc(N(C)C)cc2)s1. The number of hydrogen-bond donors (Lipinski definition) is 3. The number of fused-ring (bicyclic) bond motifs is 1. The molecule has 0 bridgehead atoms. The fourth-order valence-electron chi connectivity index (χ4n) is 2.98. The van der Waals surface area contributed by atoms with Crippen LogP contribution in [0.2, 0.25) is 0 Å². The lowest BCUT2D eigenvalue weighted by Crippen LogP contribution is -2.13.